The van der Waals surface area contributed by atoms with Gasteiger partial charge in [-0.15, -0.1) is 0 Å². The zero-order chi connectivity index (χ0) is 12.4. The standard InChI is InChI=1S/C11H15N3O3/c1-7-12-4-3-10(13-7)14(2)9-6-17-5-8(9)11(15)16/h3-4,8-9H,5-6H2,1-2H3,(H,15,16). The number of nitrogens with zero attached hydrogens (tertiary/aromatic N) is 3. The van der Waals surface area contributed by atoms with Crippen molar-refractivity contribution in [3.05, 3.63) is 18.1 Å². The van der Waals surface area contributed by atoms with Gasteiger partial charge in [0.2, 0.25) is 0 Å². The highest BCUT2D eigenvalue weighted by atomic mass is 16.5. The molecule has 6 heteroatoms. The molecule has 0 aromatic carbocycles. The minimum absolute atomic E-state index is 0.179. The predicted octanol–water partition coefficient (Wildman–Crippen LogP) is 0.321. The molecule has 2 heterocycles. The van der Waals surface area contributed by atoms with E-state index in [2.05, 4.69) is 9.97 Å². The molecule has 1 N–H and O–H groups in total. The molecular weight excluding hydrogens is 222 g/mol. The average Bonchev–Trinajstić information content (AvgIpc) is 2.77. The van der Waals surface area contributed by atoms with E-state index in [4.69, 9.17) is 9.84 Å². The molecule has 1 aliphatic heterocycles. The number of aryl methyl sites for hydroxylation is 1. The summed E-state index contributed by atoms with van der Waals surface area (Å²) >= 11 is 0. The third-order valence-electron chi connectivity index (χ3n) is 2.99. The number of aromatic nitrogens is 2. The molecule has 1 saturated heterocycles. The van der Waals surface area contributed by atoms with Crippen molar-refractivity contribution in [1.29, 1.82) is 0 Å². The smallest absolute Gasteiger partial charge is 0.311 e. The lowest BCUT2D eigenvalue weighted by atomic mass is 10.0. The van der Waals surface area contributed by atoms with Gasteiger partial charge in [0.05, 0.1) is 19.3 Å². The Hall–Kier alpha value is -1.69. The molecule has 0 saturated carbocycles. The number of carboxylic acid groups (broad SMARTS) is 1. The Labute approximate surface area is 99.2 Å². The lowest BCUT2D eigenvalue weighted by molar-refractivity contribution is -0.141. The van der Waals surface area contributed by atoms with Crippen LogP contribution in [0.25, 0.3) is 0 Å². The fourth-order valence-corrected chi connectivity index (χ4v) is 1.97. The van der Waals surface area contributed by atoms with Crippen LogP contribution in [0.3, 0.4) is 0 Å². The molecule has 6 nitrogen and oxygen atoms in total. The fourth-order valence-electron chi connectivity index (χ4n) is 1.97. The van der Waals surface area contributed by atoms with E-state index in [1.807, 2.05) is 11.9 Å². The van der Waals surface area contributed by atoms with E-state index in [1.54, 1.807) is 19.2 Å². The molecule has 92 valence electrons. The Morgan fingerprint density at radius 3 is 3.00 bits per heavy atom. The van der Waals surface area contributed by atoms with Crippen LogP contribution in [0.2, 0.25) is 0 Å². The first-order valence-corrected chi connectivity index (χ1v) is 5.42. The van der Waals surface area contributed by atoms with E-state index in [9.17, 15) is 4.79 Å². The number of ether oxygens (including phenoxy) is 1. The second-order valence-corrected chi connectivity index (χ2v) is 4.12. The van der Waals surface area contributed by atoms with Crippen molar-refractivity contribution >= 4 is 11.8 Å². The van der Waals surface area contributed by atoms with Gasteiger partial charge in [-0.25, -0.2) is 9.97 Å². The van der Waals surface area contributed by atoms with Gasteiger partial charge in [0.15, 0.2) is 0 Å². The summed E-state index contributed by atoms with van der Waals surface area (Å²) in [5.74, 6) is 0.0554. The summed E-state index contributed by atoms with van der Waals surface area (Å²) < 4.78 is 5.24. The highest BCUT2D eigenvalue weighted by Crippen LogP contribution is 2.22. The molecule has 0 bridgehead atoms. The van der Waals surface area contributed by atoms with E-state index < -0.39 is 11.9 Å². The van der Waals surface area contributed by atoms with Crippen molar-refractivity contribution in [1.82, 2.24) is 9.97 Å². The number of anilines is 1. The van der Waals surface area contributed by atoms with Gasteiger partial charge in [0, 0.05) is 13.2 Å². The minimum atomic E-state index is -0.829. The quantitative estimate of drug-likeness (QED) is 0.816. The Balaban J connectivity index is 2.19. The van der Waals surface area contributed by atoms with E-state index in [1.165, 1.54) is 0 Å². The van der Waals surface area contributed by atoms with Gasteiger partial charge < -0.3 is 14.7 Å². The van der Waals surface area contributed by atoms with E-state index in [0.29, 0.717) is 12.4 Å². The van der Waals surface area contributed by atoms with Crippen LogP contribution in [-0.4, -0.2) is 47.3 Å². The number of hydrogen-bond donors (Lipinski definition) is 1. The minimum Gasteiger partial charge on any atom is -0.481 e. The summed E-state index contributed by atoms with van der Waals surface area (Å²) in [6.45, 7) is 2.47. The monoisotopic (exact) mass is 237 g/mol. The lowest BCUT2D eigenvalue weighted by Gasteiger charge is -2.27. The molecule has 0 amide bonds. The van der Waals surface area contributed by atoms with Crippen LogP contribution in [-0.2, 0) is 9.53 Å². The highest BCUT2D eigenvalue weighted by Gasteiger charge is 2.37. The molecule has 1 aliphatic rings. The summed E-state index contributed by atoms with van der Waals surface area (Å²) in [6.07, 6.45) is 1.67. The molecule has 1 aromatic rings. The predicted molar refractivity (Wildman–Crippen MR) is 60.9 cm³/mol. The second kappa shape index (κ2) is 4.67. The number of rotatable bonds is 3. The number of aliphatic carboxylic acids is 1. The molecule has 2 unspecified atom stereocenters. The highest BCUT2D eigenvalue weighted by molar-refractivity contribution is 5.72. The lowest BCUT2D eigenvalue weighted by Crippen LogP contribution is -2.41. The van der Waals surface area contributed by atoms with Gasteiger partial charge in [-0.05, 0) is 13.0 Å². The van der Waals surface area contributed by atoms with E-state index in [-0.39, 0.29) is 12.6 Å². The van der Waals surface area contributed by atoms with Crippen molar-refractivity contribution in [3.8, 4) is 0 Å². The van der Waals surface area contributed by atoms with Crippen LogP contribution in [0.4, 0.5) is 5.82 Å². The summed E-state index contributed by atoms with van der Waals surface area (Å²) in [5.41, 5.74) is 0. The van der Waals surface area contributed by atoms with Gasteiger partial charge in [-0.1, -0.05) is 0 Å². The van der Waals surface area contributed by atoms with Crippen molar-refractivity contribution in [3.63, 3.8) is 0 Å². The van der Waals surface area contributed by atoms with Crippen LogP contribution in [0.5, 0.6) is 0 Å². The molecule has 0 spiro atoms. The summed E-state index contributed by atoms with van der Waals surface area (Å²) in [6, 6.07) is 1.59. The molecule has 1 fully saturated rings. The molecule has 0 radical (unpaired) electrons. The van der Waals surface area contributed by atoms with Gasteiger partial charge in [-0.3, -0.25) is 4.79 Å². The number of likely N-dealkylation sites (N-methyl/N-ethyl adjacent to an activating group) is 1. The number of carboxylic acids is 1. The average molecular weight is 237 g/mol. The van der Waals surface area contributed by atoms with Gasteiger partial charge in [0.1, 0.15) is 17.6 Å². The van der Waals surface area contributed by atoms with E-state index in [0.717, 1.165) is 5.82 Å². The number of hydrogen-bond acceptors (Lipinski definition) is 5. The van der Waals surface area contributed by atoms with Crippen LogP contribution >= 0.6 is 0 Å². The fraction of sp³-hybridized carbons (Fsp3) is 0.545. The normalized spacial score (nSPS) is 23.6. The van der Waals surface area contributed by atoms with Crippen molar-refractivity contribution < 1.29 is 14.6 Å². The molecule has 2 atom stereocenters. The Morgan fingerprint density at radius 1 is 1.59 bits per heavy atom. The summed E-state index contributed by atoms with van der Waals surface area (Å²) in [5, 5.41) is 9.09. The van der Waals surface area contributed by atoms with Crippen LogP contribution < -0.4 is 4.90 Å². The maximum Gasteiger partial charge on any atom is 0.311 e. The van der Waals surface area contributed by atoms with E-state index >= 15 is 0 Å². The third kappa shape index (κ3) is 2.36. The van der Waals surface area contributed by atoms with Gasteiger partial charge in [0.25, 0.3) is 0 Å². The molecule has 2 rings (SSSR count). The third-order valence-corrected chi connectivity index (χ3v) is 2.99. The summed E-state index contributed by atoms with van der Waals surface area (Å²) in [7, 11) is 1.83. The molecule has 17 heavy (non-hydrogen) atoms. The first kappa shape index (κ1) is 11.8. The topological polar surface area (TPSA) is 75.6 Å². The van der Waals surface area contributed by atoms with Crippen LogP contribution in [0.1, 0.15) is 5.82 Å². The molecule has 0 aliphatic carbocycles. The first-order valence-electron chi connectivity index (χ1n) is 5.42. The van der Waals surface area contributed by atoms with Gasteiger partial charge >= 0.3 is 5.97 Å². The number of carbonyl (C=O) groups is 1. The largest absolute Gasteiger partial charge is 0.481 e. The van der Waals surface area contributed by atoms with Crippen molar-refractivity contribution in [2.24, 2.45) is 5.92 Å². The Bertz CT molecular complexity index is 424. The zero-order valence-electron chi connectivity index (χ0n) is 9.83. The molecular formula is C11H15N3O3. The Kier molecular flexibility index (Phi) is 3.23. The molecule has 1 aromatic heterocycles. The maximum absolute atomic E-state index is 11.1. The van der Waals surface area contributed by atoms with Crippen LogP contribution in [0, 0.1) is 12.8 Å². The van der Waals surface area contributed by atoms with Gasteiger partial charge in [-0.2, -0.15) is 0 Å². The maximum atomic E-state index is 11.1. The SMILES string of the molecule is Cc1nccc(N(C)C2COCC2C(=O)O)n1. The van der Waals surface area contributed by atoms with Crippen molar-refractivity contribution in [2.75, 3.05) is 25.2 Å². The Morgan fingerprint density at radius 2 is 2.35 bits per heavy atom. The zero-order valence-corrected chi connectivity index (χ0v) is 9.83. The second-order valence-electron chi connectivity index (χ2n) is 4.12. The first-order chi connectivity index (χ1) is 8.09. The van der Waals surface area contributed by atoms with Crippen molar-refractivity contribution in [2.45, 2.75) is 13.0 Å². The van der Waals surface area contributed by atoms with Crippen LogP contribution in [0.15, 0.2) is 12.3 Å². The summed E-state index contributed by atoms with van der Waals surface area (Å²) in [4.78, 5) is 21.2.